The van der Waals surface area contributed by atoms with Gasteiger partial charge in [0.05, 0.1) is 4.91 Å². The maximum atomic E-state index is 12.8. The van der Waals surface area contributed by atoms with E-state index in [0.717, 1.165) is 23.0 Å². The van der Waals surface area contributed by atoms with Crippen molar-refractivity contribution in [1.82, 2.24) is 9.47 Å². The molecule has 1 aromatic heterocycles. The van der Waals surface area contributed by atoms with Crippen LogP contribution in [0.2, 0.25) is 0 Å². The molecule has 5 nitrogen and oxygen atoms in total. The minimum Gasteiger partial charge on any atom is -0.480 e. The number of carboxylic acid groups (broad SMARTS) is 1. The normalized spacial score (nSPS) is 17.3. The van der Waals surface area contributed by atoms with Crippen LogP contribution in [-0.4, -0.2) is 36.8 Å². The van der Waals surface area contributed by atoms with Gasteiger partial charge in [0.25, 0.3) is 5.91 Å². The Morgan fingerprint density at radius 2 is 2.00 bits per heavy atom. The molecule has 3 rings (SSSR count). The summed E-state index contributed by atoms with van der Waals surface area (Å²) in [6, 6.07) is 12.0. The molecule has 1 aliphatic rings. The topological polar surface area (TPSA) is 62.5 Å². The summed E-state index contributed by atoms with van der Waals surface area (Å²) in [4.78, 5) is 26.2. The third-order valence-electron chi connectivity index (χ3n) is 3.96. The van der Waals surface area contributed by atoms with Crippen LogP contribution in [0.15, 0.2) is 53.6 Å². The molecule has 2 heterocycles. The smallest absolute Gasteiger partial charge is 0.327 e. The van der Waals surface area contributed by atoms with E-state index in [1.54, 1.807) is 6.08 Å². The van der Waals surface area contributed by atoms with Crippen LogP contribution in [0.25, 0.3) is 6.08 Å². The Bertz CT molecular complexity index is 858. The fourth-order valence-corrected chi connectivity index (χ4v) is 3.97. The average Bonchev–Trinajstić information content (AvgIpc) is 3.10. The molecule has 0 radical (unpaired) electrons. The van der Waals surface area contributed by atoms with Crippen molar-refractivity contribution in [2.45, 2.75) is 12.5 Å². The van der Waals surface area contributed by atoms with Crippen LogP contribution in [0.4, 0.5) is 0 Å². The van der Waals surface area contributed by atoms with Gasteiger partial charge >= 0.3 is 5.97 Å². The number of amides is 1. The number of aromatic nitrogens is 1. The molecule has 1 atom stereocenters. The number of carbonyl (C=O) groups is 2. The third kappa shape index (κ3) is 3.67. The summed E-state index contributed by atoms with van der Waals surface area (Å²) in [5.41, 5.74) is 1.70. The van der Waals surface area contributed by atoms with Gasteiger partial charge in [-0.25, -0.2) is 4.79 Å². The van der Waals surface area contributed by atoms with Gasteiger partial charge in [-0.2, -0.15) is 0 Å². The molecule has 0 bridgehead atoms. The quantitative estimate of drug-likeness (QED) is 0.646. The predicted molar refractivity (Wildman–Crippen MR) is 102 cm³/mol. The van der Waals surface area contributed by atoms with Crippen molar-refractivity contribution in [2.75, 3.05) is 0 Å². The zero-order valence-electron chi connectivity index (χ0n) is 13.5. The van der Waals surface area contributed by atoms with E-state index in [1.165, 1.54) is 4.90 Å². The molecule has 128 valence electrons. The maximum Gasteiger partial charge on any atom is 0.327 e. The van der Waals surface area contributed by atoms with Gasteiger partial charge in [-0.3, -0.25) is 9.69 Å². The first kappa shape index (κ1) is 17.4. The van der Waals surface area contributed by atoms with Gasteiger partial charge in [0.15, 0.2) is 0 Å². The van der Waals surface area contributed by atoms with Crippen LogP contribution < -0.4 is 0 Å². The molecule has 1 aliphatic heterocycles. The first-order valence-corrected chi connectivity index (χ1v) is 8.85. The average molecular weight is 372 g/mol. The minimum atomic E-state index is -1.07. The second-order valence-electron chi connectivity index (χ2n) is 5.64. The molecule has 2 aromatic rings. The fraction of sp³-hybridized carbons (Fsp3) is 0.167. The highest BCUT2D eigenvalue weighted by Gasteiger charge is 2.40. The van der Waals surface area contributed by atoms with Gasteiger partial charge in [-0.15, -0.1) is 0 Å². The highest BCUT2D eigenvalue weighted by molar-refractivity contribution is 8.26. The number of hydrogen-bond donors (Lipinski definition) is 1. The van der Waals surface area contributed by atoms with Crippen molar-refractivity contribution >= 4 is 46.3 Å². The number of hydrogen-bond acceptors (Lipinski definition) is 4. The number of benzene rings is 1. The summed E-state index contributed by atoms with van der Waals surface area (Å²) in [7, 11) is 1.88. The molecule has 0 saturated carbocycles. The van der Waals surface area contributed by atoms with E-state index in [-0.39, 0.29) is 16.6 Å². The number of thioether (sulfide) groups is 1. The van der Waals surface area contributed by atoms with Gasteiger partial charge in [0, 0.05) is 25.4 Å². The van der Waals surface area contributed by atoms with Crippen molar-refractivity contribution in [3.63, 3.8) is 0 Å². The molecule has 7 heteroatoms. The van der Waals surface area contributed by atoms with Crippen molar-refractivity contribution in [1.29, 1.82) is 0 Å². The Kier molecular flexibility index (Phi) is 5.06. The number of thiocarbonyl (C=S) groups is 1. The second-order valence-corrected chi connectivity index (χ2v) is 7.32. The number of aryl methyl sites for hydroxylation is 1. The van der Waals surface area contributed by atoms with E-state index in [9.17, 15) is 14.7 Å². The largest absolute Gasteiger partial charge is 0.480 e. The molecule has 1 aromatic carbocycles. The lowest BCUT2D eigenvalue weighted by Crippen LogP contribution is -2.45. The fourth-order valence-electron chi connectivity index (χ4n) is 2.63. The summed E-state index contributed by atoms with van der Waals surface area (Å²) >= 11 is 6.43. The zero-order valence-corrected chi connectivity index (χ0v) is 15.1. The molecule has 1 fully saturated rings. The summed E-state index contributed by atoms with van der Waals surface area (Å²) < 4.78 is 2.15. The molecule has 0 aliphatic carbocycles. The van der Waals surface area contributed by atoms with Crippen LogP contribution in [0, 0.1) is 0 Å². The van der Waals surface area contributed by atoms with Crippen LogP contribution in [-0.2, 0) is 23.1 Å². The van der Waals surface area contributed by atoms with E-state index in [0.29, 0.717) is 4.91 Å². The van der Waals surface area contributed by atoms with Crippen LogP contribution in [0.3, 0.4) is 0 Å². The molecular weight excluding hydrogens is 356 g/mol. The lowest BCUT2D eigenvalue weighted by atomic mass is 10.0. The number of aliphatic carboxylic acids is 1. The summed E-state index contributed by atoms with van der Waals surface area (Å²) in [5, 5.41) is 9.63. The van der Waals surface area contributed by atoms with Crippen molar-refractivity contribution in [3.05, 3.63) is 64.8 Å². The molecule has 1 N–H and O–H groups in total. The minimum absolute atomic E-state index is 0.208. The SMILES string of the molecule is Cn1cccc1C=C1SC(=S)N(C(Cc2ccccc2)C(=O)O)C1=O. The van der Waals surface area contributed by atoms with Crippen molar-refractivity contribution in [3.8, 4) is 0 Å². The lowest BCUT2D eigenvalue weighted by molar-refractivity contribution is -0.145. The van der Waals surface area contributed by atoms with Crippen LogP contribution in [0.1, 0.15) is 11.3 Å². The number of rotatable bonds is 5. The van der Waals surface area contributed by atoms with E-state index in [2.05, 4.69) is 0 Å². The van der Waals surface area contributed by atoms with Crippen LogP contribution >= 0.6 is 24.0 Å². The standard InChI is InChI=1S/C18H16N2O3S2/c1-19-9-5-8-13(19)11-15-16(21)20(18(24)25-15)14(17(22)23)10-12-6-3-2-4-7-12/h2-9,11,14H,10H2,1H3,(H,22,23). The lowest BCUT2D eigenvalue weighted by Gasteiger charge is -2.23. The van der Waals surface area contributed by atoms with E-state index < -0.39 is 12.0 Å². The Morgan fingerprint density at radius 3 is 2.60 bits per heavy atom. The molecule has 0 spiro atoms. The van der Waals surface area contributed by atoms with Gasteiger partial charge in [-0.1, -0.05) is 54.3 Å². The summed E-state index contributed by atoms with van der Waals surface area (Å²) in [6.45, 7) is 0. The Labute approximate surface area is 154 Å². The highest BCUT2D eigenvalue weighted by Crippen LogP contribution is 2.34. The highest BCUT2D eigenvalue weighted by atomic mass is 32.2. The predicted octanol–water partition coefficient (Wildman–Crippen LogP) is 2.92. The number of carboxylic acids is 1. The Balaban J connectivity index is 1.88. The summed E-state index contributed by atoms with van der Waals surface area (Å²) in [6.07, 6.45) is 3.82. The van der Waals surface area contributed by atoms with Gasteiger partial charge in [0.2, 0.25) is 0 Å². The van der Waals surface area contributed by atoms with E-state index in [4.69, 9.17) is 12.2 Å². The molecule has 1 saturated heterocycles. The number of nitrogens with zero attached hydrogens (tertiary/aromatic N) is 2. The first-order chi connectivity index (χ1) is 12.0. The van der Waals surface area contributed by atoms with Gasteiger partial charge in [-0.05, 0) is 23.8 Å². The Hall–Kier alpha value is -2.38. The van der Waals surface area contributed by atoms with Crippen LogP contribution in [0.5, 0.6) is 0 Å². The zero-order chi connectivity index (χ0) is 18.0. The van der Waals surface area contributed by atoms with E-state index >= 15 is 0 Å². The van der Waals surface area contributed by atoms with Gasteiger partial charge < -0.3 is 9.67 Å². The monoisotopic (exact) mass is 372 g/mol. The van der Waals surface area contributed by atoms with Crippen molar-refractivity contribution < 1.29 is 14.7 Å². The molecule has 25 heavy (non-hydrogen) atoms. The Morgan fingerprint density at radius 1 is 1.28 bits per heavy atom. The molecular formula is C18H16N2O3S2. The van der Waals surface area contributed by atoms with Crippen molar-refractivity contribution in [2.24, 2.45) is 7.05 Å². The second kappa shape index (κ2) is 7.25. The number of carbonyl (C=O) groups excluding carboxylic acids is 1. The molecule has 1 amide bonds. The van der Waals surface area contributed by atoms with Gasteiger partial charge in [0.1, 0.15) is 10.4 Å². The summed E-state index contributed by atoms with van der Waals surface area (Å²) in [5.74, 6) is -1.43. The maximum absolute atomic E-state index is 12.8. The third-order valence-corrected chi connectivity index (χ3v) is 5.29. The molecule has 1 unspecified atom stereocenters. The first-order valence-electron chi connectivity index (χ1n) is 7.62. The van der Waals surface area contributed by atoms with E-state index in [1.807, 2.05) is 60.3 Å².